The minimum atomic E-state index is 0.834. The fourth-order valence-corrected chi connectivity index (χ4v) is 0.839. The number of H-pyrrole nitrogens is 1. The molecule has 1 N–H and O–H groups in total. The summed E-state index contributed by atoms with van der Waals surface area (Å²) >= 11 is 0. The first-order valence-electron chi connectivity index (χ1n) is 4.22. The summed E-state index contributed by atoms with van der Waals surface area (Å²) in [6, 6.07) is 0. The molecule has 0 aliphatic heterocycles. The summed E-state index contributed by atoms with van der Waals surface area (Å²) in [7, 11) is 0. The largest absolute Gasteiger partial charge is 0.285 e. The third-order valence-electron chi connectivity index (χ3n) is 1.36. The number of aromatic nitrogens is 4. The molecule has 0 atom stereocenters. The van der Waals surface area contributed by atoms with Crippen LogP contribution in [0.5, 0.6) is 0 Å². The number of hydrogen-bond donors (Lipinski definition) is 1. The molecule has 0 bridgehead atoms. The van der Waals surface area contributed by atoms with Gasteiger partial charge in [0.05, 0.1) is 18.1 Å². The fraction of sp³-hybridized carbons (Fsp3) is 0.222. The van der Waals surface area contributed by atoms with E-state index in [1.54, 1.807) is 31.0 Å². The molecule has 0 amide bonds. The average Bonchev–Trinajstić information content (AvgIpc) is 2.75. The Morgan fingerprint density at radius 1 is 1.15 bits per heavy atom. The van der Waals surface area contributed by atoms with Gasteiger partial charge in [0.25, 0.3) is 0 Å². The summed E-state index contributed by atoms with van der Waals surface area (Å²) in [5.74, 6) is 0. The molecular weight excluding hydrogens is 164 g/mol. The molecule has 4 heteroatoms. The van der Waals surface area contributed by atoms with Crippen LogP contribution in [0.4, 0.5) is 0 Å². The van der Waals surface area contributed by atoms with Crippen LogP contribution in [0.25, 0.3) is 11.3 Å². The van der Waals surface area contributed by atoms with Crippen LogP contribution in [0.1, 0.15) is 13.8 Å². The van der Waals surface area contributed by atoms with Crippen molar-refractivity contribution in [3.63, 3.8) is 0 Å². The van der Waals surface area contributed by atoms with E-state index in [1.165, 1.54) is 0 Å². The van der Waals surface area contributed by atoms with Gasteiger partial charge in [-0.25, -0.2) is 0 Å². The zero-order valence-electron chi connectivity index (χ0n) is 7.73. The number of aromatic amines is 1. The molecule has 2 rings (SSSR count). The normalized spacial score (nSPS) is 8.77. The van der Waals surface area contributed by atoms with Gasteiger partial charge in [-0.1, -0.05) is 13.8 Å². The maximum absolute atomic E-state index is 4.10. The van der Waals surface area contributed by atoms with Crippen LogP contribution in [0.15, 0.2) is 31.0 Å². The molecule has 4 nitrogen and oxygen atoms in total. The molecule has 13 heavy (non-hydrogen) atoms. The van der Waals surface area contributed by atoms with Crippen LogP contribution in [0.2, 0.25) is 0 Å². The summed E-state index contributed by atoms with van der Waals surface area (Å²) in [4.78, 5) is 8.04. The predicted octanol–water partition coefficient (Wildman–Crippen LogP) is 1.89. The van der Waals surface area contributed by atoms with E-state index in [2.05, 4.69) is 20.2 Å². The molecular formula is C9H12N4. The molecule has 0 saturated heterocycles. The summed E-state index contributed by atoms with van der Waals surface area (Å²) in [5.41, 5.74) is 1.79. The number of nitrogens with one attached hydrogen (secondary N) is 1. The molecule has 2 aromatic rings. The van der Waals surface area contributed by atoms with Crippen LogP contribution < -0.4 is 0 Å². The van der Waals surface area contributed by atoms with Crippen LogP contribution in [0, 0.1) is 0 Å². The molecule has 0 fully saturated rings. The Hall–Kier alpha value is -1.71. The van der Waals surface area contributed by atoms with Gasteiger partial charge in [0, 0.05) is 24.2 Å². The third-order valence-corrected chi connectivity index (χ3v) is 1.36. The minimum Gasteiger partial charge on any atom is -0.285 e. The molecule has 0 radical (unpaired) electrons. The fourth-order valence-electron chi connectivity index (χ4n) is 0.839. The van der Waals surface area contributed by atoms with E-state index in [0.29, 0.717) is 0 Å². The SMILES string of the molecule is CC.c1cnc(-c2cn[nH]c2)cn1. The molecule has 2 aromatic heterocycles. The van der Waals surface area contributed by atoms with Gasteiger partial charge in [0.15, 0.2) is 0 Å². The Bertz CT molecular complexity index is 315. The topological polar surface area (TPSA) is 54.5 Å². The van der Waals surface area contributed by atoms with E-state index in [0.717, 1.165) is 11.3 Å². The van der Waals surface area contributed by atoms with Crippen molar-refractivity contribution in [2.75, 3.05) is 0 Å². The molecule has 68 valence electrons. The lowest BCUT2D eigenvalue weighted by Gasteiger charge is -1.90. The van der Waals surface area contributed by atoms with E-state index in [1.807, 2.05) is 13.8 Å². The van der Waals surface area contributed by atoms with Gasteiger partial charge in [-0.05, 0) is 0 Å². The van der Waals surface area contributed by atoms with Crippen LogP contribution >= 0.6 is 0 Å². The smallest absolute Gasteiger partial charge is 0.0916 e. The van der Waals surface area contributed by atoms with Gasteiger partial charge in [0.1, 0.15) is 0 Å². The predicted molar refractivity (Wildman–Crippen MR) is 51.0 cm³/mol. The second-order valence-electron chi connectivity index (χ2n) is 2.08. The van der Waals surface area contributed by atoms with Crippen molar-refractivity contribution in [2.45, 2.75) is 13.8 Å². The number of nitrogens with zero attached hydrogens (tertiary/aromatic N) is 3. The Balaban J connectivity index is 0.000000396. The zero-order valence-corrected chi connectivity index (χ0v) is 7.73. The summed E-state index contributed by atoms with van der Waals surface area (Å²) < 4.78 is 0. The molecule has 0 aliphatic rings. The standard InChI is InChI=1S/C7H6N4.C2H6/c1-2-9-7(5-8-1)6-3-10-11-4-6;1-2/h1-5H,(H,10,11);1-2H3. The maximum atomic E-state index is 4.10. The third kappa shape index (κ3) is 2.37. The Kier molecular flexibility index (Phi) is 3.63. The Morgan fingerprint density at radius 2 is 2.00 bits per heavy atom. The summed E-state index contributed by atoms with van der Waals surface area (Å²) in [5, 5.41) is 6.52. The van der Waals surface area contributed by atoms with Crippen LogP contribution in [0.3, 0.4) is 0 Å². The van der Waals surface area contributed by atoms with Crippen molar-refractivity contribution >= 4 is 0 Å². The molecule has 0 aliphatic carbocycles. The van der Waals surface area contributed by atoms with Crippen molar-refractivity contribution in [1.82, 2.24) is 20.2 Å². The zero-order chi connectivity index (χ0) is 9.52. The maximum Gasteiger partial charge on any atom is 0.0916 e. The highest BCUT2D eigenvalue weighted by atomic mass is 15.1. The first-order chi connectivity index (χ1) is 6.47. The first-order valence-corrected chi connectivity index (χ1v) is 4.22. The lowest BCUT2D eigenvalue weighted by Crippen LogP contribution is -1.80. The van der Waals surface area contributed by atoms with Crippen molar-refractivity contribution in [2.24, 2.45) is 0 Å². The molecule has 0 spiro atoms. The quantitative estimate of drug-likeness (QED) is 0.721. The molecule has 0 saturated carbocycles. The van der Waals surface area contributed by atoms with Gasteiger partial charge < -0.3 is 0 Å². The Morgan fingerprint density at radius 3 is 2.54 bits per heavy atom. The molecule has 2 heterocycles. The molecule has 0 unspecified atom stereocenters. The number of rotatable bonds is 1. The van der Waals surface area contributed by atoms with Crippen LogP contribution in [-0.4, -0.2) is 20.2 Å². The monoisotopic (exact) mass is 176 g/mol. The lowest BCUT2D eigenvalue weighted by atomic mass is 10.3. The minimum absolute atomic E-state index is 0.834. The van der Waals surface area contributed by atoms with Crippen molar-refractivity contribution in [3.05, 3.63) is 31.0 Å². The van der Waals surface area contributed by atoms with E-state index < -0.39 is 0 Å². The van der Waals surface area contributed by atoms with Gasteiger partial charge in [-0.15, -0.1) is 0 Å². The second-order valence-corrected chi connectivity index (χ2v) is 2.08. The van der Waals surface area contributed by atoms with E-state index in [9.17, 15) is 0 Å². The summed E-state index contributed by atoms with van der Waals surface area (Å²) in [6.45, 7) is 4.00. The number of hydrogen-bond acceptors (Lipinski definition) is 3. The lowest BCUT2D eigenvalue weighted by molar-refractivity contribution is 1.09. The Labute approximate surface area is 77.1 Å². The highest BCUT2D eigenvalue weighted by molar-refractivity contribution is 5.54. The van der Waals surface area contributed by atoms with Crippen molar-refractivity contribution in [3.8, 4) is 11.3 Å². The van der Waals surface area contributed by atoms with Gasteiger partial charge in [-0.3, -0.25) is 15.1 Å². The van der Waals surface area contributed by atoms with E-state index >= 15 is 0 Å². The van der Waals surface area contributed by atoms with E-state index in [4.69, 9.17) is 0 Å². The van der Waals surface area contributed by atoms with Crippen molar-refractivity contribution < 1.29 is 0 Å². The van der Waals surface area contributed by atoms with Gasteiger partial charge >= 0.3 is 0 Å². The van der Waals surface area contributed by atoms with Crippen molar-refractivity contribution in [1.29, 1.82) is 0 Å². The molecule has 0 aromatic carbocycles. The van der Waals surface area contributed by atoms with Gasteiger partial charge in [0.2, 0.25) is 0 Å². The van der Waals surface area contributed by atoms with Crippen LogP contribution in [-0.2, 0) is 0 Å². The first kappa shape index (κ1) is 9.38. The highest BCUT2D eigenvalue weighted by Gasteiger charge is 1.96. The highest BCUT2D eigenvalue weighted by Crippen LogP contribution is 2.10. The van der Waals surface area contributed by atoms with E-state index in [-0.39, 0.29) is 0 Å². The average molecular weight is 176 g/mol. The second kappa shape index (κ2) is 5.03. The van der Waals surface area contributed by atoms with Gasteiger partial charge in [-0.2, -0.15) is 5.10 Å². The summed E-state index contributed by atoms with van der Waals surface area (Å²) in [6.07, 6.45) is 8.49.